The Bertz CT molecular complexity index is 666. The molecule has 0 aromatic carbocycles. The standard InChI is InChI=1S/C10H6N2O2/c13-10-9-6-5-11-3-1-7(6)14-8(9)2-4-12-10/h1-5H,(H,12,13). The van der Waals surface area contributed by atoms with Crippen LogP contribution in [0.3, 0.4) is 0 Å². The predicted octanol–water partition coefficient (Wildman–Crippen LogP) is 1.67. The first kappa shape index (κ1) is 7.32. The van der Waals surface area contributed by atoms with Crippen LogP contribution in [0.2, 0.25) is 0 Å². The van der Waals surface area contributed by atoms with E-state index in [1.54, 1.807) is 30.7 Å². The zero-order chi connectivity index (χ0) is 9.54. The number of hydrogen-bond donors (Lipinski definition) is 1. The lowest BCUT2D eigenvalue weighted by molar-refractivity contribution is 0.667. The molecule has 0 spiro atoms. The number of nitrogens with one attached hydrogen (secondary N) is 1. The third-order valence-electron chi connectivity index (χ3n) is 2.19. The molecule has 3 aromatic heterocycles. The minimum atomic E-state index is -0.144. The molecule has 0 atom stereocenters. The summed E-state index contributed by atoms with van der Waals surface area (Å²) in [5, 5.41) is 1.32. The van der Waals surface area contributed by atoms with E-state index in [2.05, 4.69) is 9.97 Å². The van der Waals surface area contributed by atoms with E-state index >= 15 is 0 Å². The Morgan fingerprint density at radius 3 is 3.14 bits per heavy atom. The lowest BCUT2D eigenvalue weighted by Gasteiger charge is -1.85. The van der Waals surface area contributed by atoms with Gasteiger partial charge in [-0.25, -0.2) is 0 Å². The van der Waals surface area contributed by atoms with Crippen molar-refractivity contribution >= 4 is 21.9 Å². The Morgan fingerprint density at radius 2 is 2.21 bits per heavy atom. The van der Waals surface area contributed by atoms with Crippen LogP contribution in [0.1, 0.15) is 0 Å². The summed E-state index contributed by atoms with van der Waals surface area (Å²) in [6.45, 7) is 0. The number of H-pyrrole nitrogens is 1. The fraction of sp³-hybridized carbons (Fsp3) is 0. The van der Waals surface area contributed by atoms with Gasteiger partial charge in [0, 0.05) is 18.6 Å². The first-order valence-corrected chi connectivity index (χ1v) is 4.20. The van der Waals surface area contributed by atoms with Gasteiger partial charge in [-0.2, -0.15) is 0 Å². The van der Waals surface area contributed by atoms with Crippen molar-refractivity contribution in [2.45, 2.75) is 0 Å². The molecule has 0 aliphatic carbocycles. The molecule has 14 heavy (non-hydrogen) atoms. The highest BCUT2D eigenvalue weighted by atomic mass is 16.3. The number of rotatable bonds is 0. The number of pyridine rings is 2. The van der Waals surface area contributed by atoms with Gasteiger partial charge in [0.25, 0.3) is 5.56 Å². The molecule has 68 valence electrons. The molecule has 4 nitrogen and oxygen atoms in total. The number of hydrogen-bond acceptors (Lipinski definition) is 3. The number of nitrogens with zero attached hydrogens (tertiary/aromatic N) is 1. The number of fused-ring (bicyclic) bond motifs is 3. The molecule has 4 heteroatoms. The molecule has 0 fully saturated rings. The molecule has 3 aromatic rings. The first-order valence-electron chi connectivity index (χ1n) is 4.20. The molecular formula is C10H6N2O2. The monoisotopic (exact) mass is 186 g/mol. The SMILES string of the molecule is O=c1[nH]ccc2oc3ccncc3c12. The van der Waals surface area contributed by atoms with Crippen molar-refractivity contribution in [1.82, 2.24) is 9.97 Å². The summed E-state index contributed by atoms with van der Waals surface area (Å²) in [5.41, 5.74) is 1.14. The van der Waals surface area contributed by atoms with Crippen molar-refractivity contribution < 1.29 is 4.42 Å². The molecule has 1 N–H and O–H groups in total. The van der Waals surface area contributed by atoms with Crippen molar-refractivity contribution in [1.29, 1.82) is 0 Å². The molecule has 0 amide bonds. The fourth-order valence-electron chi connectivity index (χ4n) is 1.58. The Labute approximate surface area is 78.2 Å². The minimum absolute atomic E-state index is 0.144. The van der Waals surface area contributed by atoms with E-state index in [0.29, 0.717) is 16.6 Å². The van der Waals surface area contributed by atoms with Gasteiger partial charge in [-0.15, -0.1) is 0 Å². The van der Waals surface area contributed by atoms with E-state index < -0.39 is 0 Å². The maximum Gasteiger partial charge on any atom is 0.259 e. The van der Waals surface area contributed by atoms with E-state index in [1.807, 2.05) is 0 Å². The maximum absolute atomic E-state index is 11.5. The van der Waals surface area contributed by atoms with Gasteiger partial charge < -0.3 is 9.40 Å². The lowest BCUT2D eigenvalue weighted by atomic mass is 10.2. The van der Waals surface area contributed by atoms with Crippen molar-refractivity contribution in [2.24, 2.45) is 0 Å². The van der Waals surface area contributed by atoms with Crippen LogP contribution in [0.15, 0.2) is 39.9 Å². The summed E-state index contributed by atoms with van der Waals surface area (Å²) in [7, 11) is 0. The zero-order valence-electron chi connectivity index (χ0n) is 7.15. The first-order chi connectivity index (χ1) is 6.86. The molecule has 3 rings (SSSR count). The van der Waals surface area contributed by atoms with Gasteiger partial charge in [-0.05, 0) is 12.1 Å². The van der Waals surface area contributed by atoms with Crippen LogP contribution in [-0.4, -0.2) is 9.97 Å². The predicted molar refractivity (Wildman–Crippen MR) is 52.1 cm³/mol. The van der Waals surface area contributed by atoms with Crippen LogP contribution in [-0.2, 0) is 0 Å². The molecule has 0 aliphatic rings. The summed E-state index contributed by atoms with van der Waals surface area (Å²) in [5.74, 6) is 0. The van der Waals surface area contributed by atoms with Crippen LogP contribution in [0.4, 0.5) is 0 Å². The highest BCUT2D eigenvalue weighted by Gasteiger charge is 2.08. The molecule has 0 bridgehead atoms. The number of aromatic amines is 1. The molecule has 0 saturated heterocycles. The Morgan fingerprint density at radius 1 is 1.29 bits per heavy atom. The van der Waals surface area contributed by atoms with Gasteiger partial charge in [0.05, 0.1) is 10.8 Å². The van der Waals surface area contributed by atoms with Crippen LogP contribution in [0.5, 0.6) is 0 Å². The smallest absolute Gasteiger partial charge is 0.259 e. The summed E-state index contributed by atoms with van der Waals surface area (Å²) in [4.78, 5) is 18.1. The average Bonchev–Trinajstić information content (AvgIpc) is 2.57. The van der Waals surface area contributed by atoms with E-state index in [1.165, 1.54) is 0 Å². The van der Waals surface area contributed by atoms with Gasteiger partial charge in [0.15, 0.2) is 0 Å². The molecule has 0 aliphatic heterocycles. The maximum atomic E-state index is 11.5. The van der Waals surface area contributed by atoms with Crippen molar-refractivity contribution in [3.8, 4) is 0 Å². The van der Waals surface area contributed by atoms with E-state index in [9.17, 15) is 4.79 Å². The van der Waals surface area contributed by atoms with Gasteiger partial charge >= 0.3 is 0 Å². The van der Waals surface area contributed by atoms with E-state index in [-0.39, 0.29) is 5.56 Å². The minimum Gasteiger partial charge on any atom is -0.456 e. The van der Waals surface area contributed by atoms with Crippen LogP contribution in [0, 0.1) is 0 Å². The van der Waals surface area contributed by atoms with E-state index in [0.717, 1.165) is 5.39 Å². The largest absolute Gasteiger partial charge is 0.456 e. The lowest BCUT2D eigenvalue weighted by Crippen LogP contribution is -2.02. The molecule has 0 saturated carbocycles. The highest BCUT2D eigenvalue weighted by molar-refractivity contribution is 6.03. The van der Waals surface area contributed by atoms with Gasteiger partial charge in [-0.3, -0.25) is 9.78 Å². The van der Waals surface area contributed by atoms with Gasteiger partial charge in [-0.1, -0.05) is 0 Å². The Hall–Kier alpha value is -2.10. The third-order valence-corrected chi connectivity index (χ3v) is 2.19. The summed E-state index contributed by atoms with van der Waals surface area (Å²) in [6.07, 6.45) is 4.84. The van der Waals surface area contributed by atoms with Crippen molar-refractivity contribution in [2.75, 3.05) is 0 Å². The summed E-state index contributed by atoms with van der Waals surface area (Å²) < 4.78 is 5.47. The average molecular weight is 186 g/mol. The summed E-state index contributed by atoms with van der Waals surface area (Å²) in [6, 6.07) is 3.48. The van der Waals surface area contributed by atoms with E-state index in [4.69, 9.17) is 4.42 Å². The van der Waals surface area contributed by atoms with Crippen LogP contribution >= 0.6 is 0 Å². The van der Waals surface area contributed by atoms with Crippen LogP contribution in [0.25, 0.3) is 21.9 Å². The molecule has 3 heterocycles. The number of aromatic nitrogens is 2. The Balaban J connectivity index is 2.73. The summed E-state index contributed by atoms with van der Waals surface area (Å²) >= 11 is 0. The van der Waals surface area contributed by atoms with Crippen molar-refractivity contribution in [3.05, 3.63) is 41.1 Å². The normalized spacial score (nSPS) is 11.1. The second-order valence-electron chi connectivity index (χ2n) is 3.02. The van der Waals surface area contributed by atoms with Crippen molar-refractivity contribution in [3.63, 3.8) is 0 Å². The quantitative estimate of drug-likeness (QED) is 0.581. The molecule has 0 unspecified atom stereocenters. The topological polar surface area (TPSA) is 58.9 Å². The fourth-order valence-corrected chi connectivity index (χ4v) is 1.58. The van der Waals surface area contributed by atoms with Gasteiger partial charge in [0.2, 0.25) is 0 Å². The number of furan rings is 1. The second-order valence-corrected chi connectivity index (χ2v) is 3.02. The highest BCUT2D eigenvalue weighted by Crippen LogP contribution is 2.23. The molecular weight excluding hydrogens is 180 g/mol. The zero-order valence-corrected chi connectivity index (χ0v) is 7.15. The molecule has 0 radical (unpaired) electrons. The Kier molecular flexibility index (Phi) is 1.28. The van der Waals surface area contributed by atoms with Gasteiger partial charge in [0.1, 0.15) is 11.2 Å². The second kappa shape index (κ2) is 2.45. The van der Waals surface area contributed by atoms with Crippen LogP contribution < -0.4 is 5.56 Å². The third kappa shape index (κ3) is 0.821.